The Kier molecular flexibility index (Phi) is 4.31. The number of aromatic nitrogens is 3. The van der Waals surface area contributed by atoms with Crippen LogP contribution in [0.5, 0.6) is 0 Å². The molecule has 0 spiro atoms. The Morgan fingerprint density at radius 3 is 2.57 bits per heavy atom. The van der Waals surface area contributed by atoms with Gasteiger partial charge in [0.05, 0.1) is 5.69 Å². The van der Waals surface area contributed by atoms with E-state index < -0.39 is 0 Å². The Labute approximate surface area is 140 Å². The predicted molar refractivity (Wildman–Crippen MR) is 92.7 cm³/mol. The third-order valence-electron chi connectivity index (χ3n) is 2.73. The first-order chi connectivity index (χ1) is 10.2. The van der Waals surface area contributed by atoms with Gasteiger partial charge in [-0.2, -0.15) is 0 Å². The van der Waals surface area contributed by atoms with Crippen LogP contribution in [0.25, 0.3) is 11.5 Å². The third-order valence-corrected chi connectivity index (χ3v) is 3.86. The van der Waals surface area contributed by atoms with Crippen molar-refractivity contribution in [3.8, 4) is 11.5 Å². The van der Waals surface area contributed by atoms with Crippen LogP contribution in [-0.4, -0.2) is 15.0 Å². The molecule has 1 N–H and O–H groups in total. The van der Waals surface area contributed by atoms with E-state index in [0.29, 0.717) is 22.5 Å². The van der Waals surface area contributed by atoms with Crippen LogP contribution in [0, 0.1) is 3.57 Å². The maximum absolute atomic E-state index is 6.09. The van der Waals surface area contributed by atoms with E-state index in [2.05, 4.69) is 42.9 Å². The molecule has 1 aromatic carbocycles. The monoisotopic (exact) mass is 408 g/mol. The predicted octanol–water partition coefficient (Wildman–Crippen LogP) is 4.54. The summed E-state index contributed by atoms with van der Waals surface area (Å²) in [5, 5.41) is 3.63. The fourth-order valence-corrected chi connectivity index (χ4v) is 2.50. The molecular weight excluding hydrogens is 399 g/mol. The van der Waals surface area contributed by atoms with Crippen LogP contribution in [-0.2, 0) is 0 Å². The second-order valence-corrected chi connectivity index (χ2v) is 5.77. The molecule has 0 fully saturated rings. The van der Waals surface area contributed by atoms with Gasteiger partial charge in [0.1, 0.15) is 16.7 Å². The highest BCUT2D eigenvalue weighted by Crippen LogP contribution is 2.24. The van der Waals surface area contributed by atoms with Gasteiger partial charge in [-0.3, -0.25) is 4.98 Å². The Hall–Kier alpha value is -1.73. The minimum Gasteiger partial charge on any atom is -0.339 e. The fourth-order valence-electron chi connectivity index (χ4n) is 1.79. The maximum Gasteiger partial charge on any atom is 0.181 e. The van der Waals surface area contributed by atoms with Gasteiger partial charge in [0.25, 0.3) is 0 Å². The van der Waals surface area contributed by atoms with Gasteiger partial charge in [-0.05, 0) is 46.9 Å². The Bertz CT molecular complexity index is 765. The number of anilines is 2. The molecule has 0 unspecified atom stereocenters. The normalized spacial score (nSPS) is 10.4. The zero-order valence-corrected chi connectivity index (χ0v) is 13.7. The van der Waals surface area contributed by atoms with Crippen molar-refractivity contribution in [3.63, 3.8) is 0 Å². The number of rotatable bonds is 3. The first kappa shape index (κ1) is 14.2. The largest absolute Gasteiger partial charge is 0.339 e. The van der Waals surface area contributed by atoms with Crippen LogP contribution in [0.4, 0.5) is 11.5 Å². The van der Waals surface area contributed by atoms with Crippen molar-refractivity contribution in [3.05, 3.63) is 63.5 Å². The van der Waals surface area contributed by atoms with E-state index in [-0.39, 0.29) is 0 Å². The van der Waals surface area contributed by atoms with Crippen LogP contribution in [0.15, 0.2) is 54.7 Å². The van der Waals surface area contributed by atoms with Crippen LogP contribution >= 0.6 is 34.2 Å². The minimum absolute atomic E-state index is 0.374. The molecule has 21 heavy (non-hydrogen) atoms. The lowest BCUT2D eigenvalue weighted by Gasteiger charge is -2.09. The van der Waals surface area contributed by atoms with Crippen LogP contribution < -0.4 is 5.32 Å². The SMILES string of the molecule is Clc1cc(Nc2ccccc2I)nc(-c2ccccn2)n1. The summed E-state index contributed by atoms with van der Waals surface area (Å²) < 4.78 is 1.10. The number of hydrogen-bond donors (Lipinski definition) is 1. The van der Waals surface area contributed by atoms with Gasteiger partial charge >= 0.3 is 0 Å². The number of halogens is 2. The van der Waals surface area contributed by atoms with Crippen molar-refractivity contribution in [2.45, 2.75) is 0 Å². The van der Waals surface area contributed by atoms with E-state index in [0.717, 1.165) is 9.26 Å². The van der Waals surface area contributed by atoms with Crippen molar-refractivity contribution < 1.29 is 0 Å². The summed E-state index contributed by atoms with van der Waals surface area (Å²) in [5.41, 5.74) is 1.66. The molecule has 2 aromatic heterocycles. The molecule has 2 heterocycles. The van der Waals surface area contributed by atoms with E-state index in [4.69, 9.17) is 11.6 Å². The van der Waals surface area contributed by atoms with Gasteiger partial charge in [0, 0.05) is 15.8 Å². The summed E-state index contributed by atoms with van der Waals surface area (Å²) in [4.78, 5) is 12.9. The summed E-state index contributed by atoms with van der Waals surface area (Å²) in [6.07, 6.45) is 1.70. The molecule has 3 aromatic rings. The number of hydrogen-bond acceptors (Lipinski definition) is 4. The van der Waals surface area contributed by atoms with Crippen molar-refractivity contribution >= 4 is 45.7 Å². The number of pyridine rings is 1. The Balaban J connectivity index is 1.97. The molecule has 0 aliphatic rings. The van der Waals surface area contributed by atoms with Gasteiger partial charge in [-0.15, -0.1) is 0 Å². The van der Waals surface area contributed by atoms with Gasteiger partial charge in [0.15, 0.2) is 5.82 Å². The Morgan fingerprint density at radius 2 is 1.81 bits per heavy atom. The van der Waals surface area contributed by atoms with Gasteiger partial charge < -0.3 is 5.32 Å². The summed E-state index contributed by atoms with van der Waals surface area (Å²) in [6, 6.07) is 15.2. The van der Waals surface area contributed by atoms with E-state index >= 15 is 0 Å². The van der Waals surface area contributed by atoms with Crippen molar-refractivity contribution in [1.29, 1.82) is 0 Å². The van der Waals surface area contributed by atoms with Crippen molar-refractivity contribution in [1.82, 2.24) is 15.0 Å². The minimum atomic E-state index is 0.374. The van der Waals surface area contributed by atoms with E-state index in [9.17, 15) is 0 Å². The lowest BCUT2D eigenvalue weighted by Crippen LogP contribution is -1.99. The van der Waals surface area contributed by atoms with E-state index in [1.54, 1.807) is 12.3 Å². The van der Waals surface area contributed by atoms with Crippen LogP contribution in [0.3, 0.4) is 0 Å². The summed E-state index contributed by atoms with van der Waals surface area (Å²) in [5.74, 6) is 1.14. The molecule has 3 rings (SSSR count). The first-order valence-corrected chi connectivity index (χ1v) is 7.65. The fraction of sp³-hybridized carbons (Fsp3) is 0. The summed E-state index contributed by atoms with van der Waals surface area (Å²) >= 11 is 8.35. The van der Waals surface area contributed by atoms with Crippen LogP contribution in [0.1, 0.15) is 0 Å². The quantitative estimate of drug-likeness (QED) is 0.511. The molecule has 0 atom stereocenters. The number of nitrogens with zero attached hydrogens (tertiary/aromatic N) is 3. The molecule has 0 bridgehead atoms. The molecule has 6 heteroatoms. The third kappa shape index (κ3) is 3.48. The van der Waals surface area contributed by atoms with Gasteiger partial charge in [-0.25, -0.2) is 9.97 Å². The molecule has 0 aliphatic heterocycles. The summed E-state index contributed by atoms with van der Waals surface area (Å²) in [6.45, 7) is 0. The topological polar surface area (TPSA) is 50.7 Å². The molecular formula is C15H10ClIN4. The smallest absolute Gasteiger partial charge is 0.181 e. The molecule has 0 aliphatic carbocycles. The maximum atomic E-state index is 6.09. The Morgan fingerprint density at radius 1 is 1.00 bits per heavy atom. The molecule has 0 saturated carbocycles. The molecule has 0 saturated heterocycles. The zero-order chi connectivity index (χ0) is 14.7. The number of benzene rings is 1. The standard InChI is InChI=1S/C15H10ClIN4/c16-13-9-14(19-11-6-2-1-5-10(11)17)21-15(20-13)12-7-3-4-8-18-12/h1-9H,(H,19,20,21). The lowest BCUT2D eigenvalue weighted by molar-refractivity contribution is 1.14. The van der Waals surface area contributed by atoms with Crippen LogP contribution in [0.2, 0.25) is 5.15 Å². The second kappa shape index (κ2) is 6.36. The van der Waals surface area contributed by atoms with Gasteiger partial charge in [0.2, 0.25) is 0 Å². The van der Waals surface area contributed by atoms with Gasteiger partial charge in [-0.1, -0.05) is 29.8 Å². The number of para-hydroxylation sites is 1. The molecule has 4 nitrogen and oxygen atoms in total. The molecule has 0 radical (unpaired) electrons. The second-order valence-electron chi connectivity index (χ2n) is 4.22. The van der Waals surface area contributed by atoms with Crippen molar-refractivity contribution in [2.24, 2.45) is 0 Å². The average molecular weight is 409 g/mol. The highest BCUT2D eigenvalue weighted by atomic mass is 127. The lowest BCUT2D eigenvalue weighted by atomic mass is 10.3. The highest BCUT2D eigenvalue weighted by molar-refractivity contribution is 14.1. The average Bonchev–Trinajstić information content (AvgIpc) is 2.50. The zero-order valence-electron chi connectivity index (χ0n) is 10.8. The summed E-state index contributed by atoms with van der Waals surface area (Å²) in [7, 11) is 0. The molecule has 104 valence electrons. The number of nitrogens with one attached hydrogen (secondary N) is 1. The molecule has 0 amide bonds. The van der Waals surface area contributed by atoms with Crippen molar-refractivity contribution in [2.75, 3.05) is 5.32 Å². The van der Waals surface area contributed by atoms with E-state index in [1.165, 1.54) is 0 Å². The van der Waals surface area contributed by atoms with E-state index in [1.807, 2.05) is 42.5 Å². The highest BCUT2D eigenvalue weighted by Gasteiger charge is 2.08. The first-order valence-electron chi connectivity index (χ1n) is 6.20.